The van der Waals surface area contributed by atoms with E-state index in [2.05, 4.69) is 25.0 Å². The molecule has 0 amide bonds. The van der Waals surface area contributed by atoms with Crippen LogP contribution in [-0.2, 0) is 0 Å². The lowest BCUT2D eigenvalue weighted by atomic mass is 10.2. The average molecular weight is 377 g/mol. The van der Waals surface area contributed by atoms with Crippen molar-refractivity contribution in [3.8, 4) is 17.1 Å². The van der Waals surface area contributed by atoms with E-state index >= 15 is 0 Å². The normalized spacial score (nSPS) is 13.4. The van der Waals surface area contributed by atoms with E-state index < -0.39 is 36.2 Å². The highest BCUT2D eigenvalue weighted by molar-refractivity contribution is 5.59. The first kappa shape index (κ1) is 17.9. The van der Waals surface area contributed by atoms with Gasteiger partial charge in [-0.3, -0.25) is 0 Å². The molecule has 0 aliphatic carbocycles. The van der Waals surface area contributed by atoms with Crippen LogP contribution in [0.25, 0.3) is 16.9 Å². The SMILES string of the molecule is CC(Oc1ncc(-c2ccc3nnc(C(F)F)n3n2)cc1F)C(F)(F)F. The molecule has 0 N–H and O–H groups in total. The summed E-state index contributed by atoms with van der Waals surface area (Å²) < 4.78 is 82.4. The highest BCUT2D eigenvalue weighted by atomic mass is 19.4. The molecule has 3 heterocycles. The Bertz CT molecular complexity index is 941. The number of hydrogen-bond acceptors (Lipinski definition) is 5. The second-order valence-corrected chi connectivity index (χ2v) is 5.16. The Kier molecular flexibility index (Phi) is 4.42. The third kappa shape index (κ3) is 3.39. The Labute approximate surface area is 141 Å². The first-order valence-corrected chi connectivity index (χ1v) is 7.06. The van der Waals surface area contributed by atoms with E-state index in [0.29, 0.717) is 6.92 Å². The summed E-state index contributed by atoms with van der Waals surface area (Å²) in [5.41, 5.74) is 0.141. The number of hydrogen-bond donors (Lipinski definition) is 0. The molecule has 138 valence electrons. The second kappa shape index (κ2) is 6.42. The first-order valence-electron chi connectivity index (χ1n) is 7.06. The molecule has 0 saturated carbocycles. The summed E-state index contributed by atoms with van der Waals surface area (Å²) in [4.78, 5) is 3.51. The number of aromatic nitrogens is 5. The summed E-state index contributed by atoms with van der Waals surface area (Å²) in [6.45, 7) is 0.711. The van der Waals surface area contributed by atoms with Crippen molar-refractivity contribution >= 4 is 5.65 Å². The Morgan fingerprint density at radius 3 is 2.50 bits per heavy atom. The molecule has 3 aromatic heterocycles. The van der Waals surface area contributed by atoms with E-state index in [9.17, 15) is 26.3 Å². The maximum Gasteiger partial charge on any atom is 0.425 e. The molecule has 12 heteroatoms. The molecule has 0 aliphatic rings. The molecular weight excluding hydrogens is 368 g/mol. The number of ether oxygens (including phenoxy) is 1. The number of pyridine rings is 1. The largest absolute Gasteiger partial charge is 0.463 e. The van der Waals surface area contributed by atoms with E-state index in [4.69, 9.17) is 0 Å². The van der Waals surface area contributed by atoms with Gasteiger partial charge < -0.3 is 4.74 Å². The Morgan fingerprint density at radius 2 is 1.88 bits per heavy atom. The Hall–Kier alpha value is -2.92. The van der Waals surface area contributed by atoms with Gasteiger partial charge in [-0.25, -0.2) is 18.2 Å². The van der Waals surface area contributed by atoms with Crippen LogP contribution in [0.2, 0.25) is 0 Å². The lowest BCUT2D eigenvalue weighted by molar-refractivity contribution is -0.190. The second-order valence-electron chi connectivity index (χ2n) is 5.16. The summed E-state index contributed by atoms with van der Waals surface area (Å²) in [5, 5.41) is 10.7. The van der Waals surface area contributed by atoms with Crippen LogP contribution in [0.4, 0.5) is 26.3 Å². The van der Waals surface area contributed by atoms with Crippen LogP contribution < -0.4 is 4.74 Å². The van der Waals surface area contributed by atoms with Crippen LogP contribution in [-0.4, -0.2) is 37.1 Å². The fourth-order valence-corrected chi connectivity index (χ4v) is 1.98. The molecule has 0 radical (unpaired) electrons. The zero-order valence-corrected chi connectivity index (χ0v) is 12.9. The molecule has 0 saturated heterocycles. The highest BCUT2D eigenvalue weighted by Crippen LogP contribution is 2.27. The van der Waals surface area contributed by atoms with Crippen LogP contribution in [0.3, 0.4) is 0 Å². The van der Waals surface area contributed by atoms with Crippen LogP contribution in [0.1, 0.15) is 19.2 Å². The van der Waals surface area contributed by atoms with Crippen molar-refractivity contribution in [1.29, 1.82) is 0 Å². The predicted molar refractivity (Wildman–Crippen MR) is 75.1 cm³/mol. The Balaban J connectivity index is 1.94. The first-order chi connectivity index (χ1) is 12.2. The zero-order chi connectivity index (χ0) is 19.1. The van der Waals surface area contributed by atoms with Crippen molar-refractivity contribution < 1.29 is 31.1 Å². The molecule has 3 aromatic rings. The zero-order valence-electron chi connectivity index (χ0n) is 12.9. The van der Waals surface area contributed by atoms with E-state index in [1.165, 1.54) is 12.1 Å². The maximum absolute atomic E-state index is 14.0. The van der Waals surface area contributed by atoms with Crippen LogP contribution in [0, 0.1) is 5.82 Å². The average Bonchev–Trinajstić information content (AvgIpc) is 2.99. The van der Waals surface area contributed by atoms with E-state index in [1.54, 1.807) is 0 Å². The van der Waals surface area contributed by atoms with Crippen LogP contribution in [0.5, 0.6) is 5.88 Å². The van der Waals surface area contributed by atoms with Crippen LogP contribution in [0.15, 0.2) is 24.4 Å². The third-order valence-corrected chi connectivity index (χ3v) is 3.33. The number of halogens is 6. The summed E-state index contributed by atoms with van der Waals surface area (Å²) >= 11 is 0. The van der Waals surface area contributed by atoms with Gasteiger partial charge in [-0.2, -0.15) is 22.8 Å². The molecule has 0 aromatic carbocycles. The van der Waals surface area contributed by atoms with Crippen molar-refractivity contribution in [3.63, 3.8) is 0 Å². The minimum atomic E-state index is -4.68. The molecular formula is C14H9F6N5O. The molecule has 0 fully saturated rings. The van der Waals surface area contributed by atoms with Gasteiger partial charge in [0.05, 0.1) is 5.69 Å². The minimum absolute atomic E-state index is 0.0426. The minimum Gasteiger partial charge on any atom is -0.463 e. The van der Waals surface area contributed by atoms with Gasteiger partial charge in [0.1, 0.15) is 0 Å². The van der Waals surface area contributed by atoms with Gasteiger partial charge in [0.15, 0.2) is 17.6 Å². The fraction of sp³-hybridized carbons (Fsp3) is 0.286. The standard InChI is InChI=1S/C14H9F6N5O/c1-6(14(18,19)20)26-13-8(15)4-7(5-21-13)9-2-3-10-22-23-12(11(16)17)25(10)24-9/h2-6,11H,1H3. The maximum atomic E-state index is 14.0. The third-order valence-electron chi connectivity index (χ3n) is 3.33. The summed E-state index contributed by atoms with van der Waals surface area (Å²) in [6.07, 6.45) is -8.85. The van der Waals surface area contributed by atoms with Gasteiger partial charge in [-0.05, 0) is 25.1 Å². The van der Waals surface area contributed by atoms with Crippen molar-refractivity contribution in [2.45, 2.75) is 25.6 Å². The molecule has 6 nitrogen and oxygen atoms in total. The van der Waals surface area contributed by atoms with Gasteiger partial charge >= 0.3 is 6.18 Å². The predicted octanol–water partition coefficient (Wildman–Crippen LogP) is 3.59. The number of nitrogens with zero attached hydrogens (tertiary/aromatic N) is 5. The fourth-order valence-electron chi connectivity index (χ4n) is 1.98. The number of fused-ring (bicyclic) bond motifs is 1. The lowest BCUT2D eigenvalue weighted by Gasteiger charge is -2.17. The van der Waals surface area contributed by atoms with E-state index in [0.717, 1.165) is 16.8 Å². The molecule has 26 heavy (non-hydrogen) atoms. The number of rotatable bonds is 4. The van der Waals surface area contributed by atoms with Gasteiger partial charge in [0, 0.05) is 11.8 Å². The van der Waals surface area contributed by atoms with Crippen LogP contribution >= 0.6 is 0 Å². The smallest absolute Gasteiger partial charge is 0.425 e. The molecule has 1 atom stereocenters. The Morgan fingerprint density at radius 1 is 1.15 bits per heavy atom. The van der Waals surface area contributed by atoms with Gasteiger partial charge in [0.25, 0.3) is 12.3 Å². The highest BCUT2D eigenvalue weighted by Gasteiger charge is 2.38. The summed E-state index contributed by atoms with van der Waals surface area (Å²) in [5.74, 6) is -2.69. The molecule has 0 bridgehead atoms. The van der Waals surface area contributed by atoms with Gasteiger partial charge in [-0.15, -0.1) is 10.2 Å². The lowest BCUT2D eigenvalue weighted by Crippen LogP contribution is -2.31. The van der Waals surface area contributed by atoms with Crippen molar-refractivity contribution in [2.24, 2.45) is 0 Å². The molecule has 3 rings (SSSR count). The number of alkyl halides is 5. The van der Waals surface area contributed by atoms with Crippen molar-refractivity contribution in [2.75, 3.05) is 0 Å². The topological polar surface area (TPSA) is 65.2 Å². The molecule has 0 spiro atoms. The van der Waals surface area contributed by atoms with Crippen molar-refractivity contribution in [1.82, 2.24) is 24.8 Å². The van der Waals surface area contributed by atoms with Crippen molar-refractivity contribution in [3.05, 3.63) is 36.0 Å². The van der Waals surface area contributed by atoms with Gasteiger partial charge in [0.2, 0.25) is 5.82 Å². The van der Waals surface area contributed by atoms with E-state index in [-0.39, 0.29) is 16.9 Å². The summed E-state index contributed by atoms with van der Waals surface area (Å²) in [6, 6.07) is 3.52. The molecule has 1 unspecified atom stereocenters. The molecule has 0 aliphatic heterocycles. The van der Waals surface area contributed by atoms with Gasteiger partial charge in [-0.1, -0.05) is 0 Å². The quantitative estimate of drug-likeness (QED) is 0.650. The monoisotopic (exact) mass is 377 g/mol. The van der Waals surface area contributed by atoms with E-state index in [1.807, 2.05) is 0 Å². The summed E-state index contributed by atoms with van der Waals surface area (Å²) in [7, 11) is 0.